The molecular formula is C22H24N2O5. The Balaban J connectivity index is 2.12. The molecule has 7 nitrogen and oxygen atoms in total. The number of ether oxygens (including phenoxy) is 2. The number of Topliss-reactive ketones (excluding diaryl/α,β-unsaturated/α-hetero) is 1. The van der Waals surface area contributed by atoms with E-state index in [9.17, 15) is 14.7 Å². The van der Waals surface area contributed by atoms with Gasteiger partial charge in [-0.05, 0) is 48.7 Å². The second kappa shape index (κ2) is 8.87. The van der Waals surface area contributed by atoms with E-state index in [-0.39, 0.29) is 11.3 Å². The molecule has 1 N–H and O–H groups in total. The normalized spacial score (nSPS) is 18.3. The van der Waals surface area contributed by atoms with Crippen molar-refractivity contribution in [2.45, 2.75) is 19.4 Å². The summed E-state index contributed by atoms with van der Waals surface area (Å²) in [4.78, 5) is 31.3. The highest BCUT2D eigenvalue weighted by Gasteiger charge is 2.46. The van der Waals surface area contributed by atoms with Crippen molar-refractivity contribution in [1.82, 2.24) is 9.88 Å². The number of pyridine rings is 1. The zero-order chi connectivity index (χ0) is 21.0. The zero-order valence-corrected chi connectivity index (χ0v) is 16.7. The Morgan fingerprint density at radius 1 is 1.24 bits per heavy atom. The first kappa shape index (κ1) is 20.5. The Labute approximate surface area is 169 Å². The number of rotatable bonds is 7. The molecule has 2 aromatic rings. The number of methoxy groups -OCH3 is 2. The summed E-state index contributed by atoms with van der Waals surface area (Å²) in [5.41, 5.74) is 1.94. The van der Waals surface area contributed by atoms with Crippen molar-refractivity contribution in [2.75, 3.05) is 27.4 Å². The number of likely N-dealkylation sites (tertiary alicyclic amines) is 1. The summed E-state index contributed by atoms with van der Waals surface area (Å²) in [7, 11) is 3.14. The van der Waals surface area contributed by atoms with Crippen LogP contribution in [0.15, 0.2) is 48.3 Å². The van der Waals surface area contributed by atoms with E-state index in [1.165, 1.54) is 4.90 Å². The number of hydrogen-bond acceptors (Lipinski definition) is 6. The number of hydrogen-bond donors (Lipinski definition) is 1. The first-order valence-electron chi connectivity index (χ1n) is 9.31. The van der Waals surface area contributed by atoms with Gasteiger partial charge in [0.05, 0.1) is 18.7 Å². The van der Waals surface area contributed by atoms with Crippen molar-refractivity contribution in [3.63, 3.8) is 0 Å². The number of carbonyl (C=O) groups excluding carboxylic acids is 2. The monoisotopic (exact) mass is 396 g/mol. The molecule has 2 heterocycles. The molecule has 0 spiro atoms. The zero-order valence-electron chi connectivity index (χ0n) is 16.7. The number of aromatic nitrogens is 1. The van der Waals surface area contributed by atoms with Crippen LogP contribution in [0.25, 0.3) is 5.76 Å². The molecule has 1 fully saturated rings. The summed E-state index contributed by atoms with van der Waals surface area (Å²) < 4.78 is 10.3. The van der Waals surface area contributed by atoms with Crippen LogP contribution >= 0.6 is 0 Å². The van der Waals surface area contributed by atoms with Crippen molar-refractivity contribution in [1.29, 1.82) is 0 Å². The predicted octanol–water partition coefficient (Wildman–Crippen LogP) is 2.86. The van der Waals surface area contributed by atoms with E-state index < -0.39 is 17.7 Å². The van der Waals surface area contributed by atoms with E-state index in [0.717, 1.165) is 5.56 Å². The third-order valence-corrected chi connectivity index (χ3v) is 4.98. The maximum atomic E-state index is 12.9. The topological polar surface area (TPSA) is 89.0 Å². The predicted molar refractivity (Wildman–Crippen MR) is 107 cm³/mol. The highest BCUT2D eigenvalue weighted by atomic mass is 16.5. The molecule has 1 aliphatic heterocycles. The van der Waals surface area contributed by atoms with Gasteiger partial charge in [0.2, 0.25) is 0 Å². The van der Waals surface area contributed by atoms with E-state index >= 15 is 0 Å². The molecule has 1 aromatic carbocycles. The molecule has 7 heteroatoms. The molecule has 0 saturated carbocycles. The van der Waals surface area contributed by atoms with Crippen molar-refractivity contribution in [2.24, 2.45) is 0 Å². The van der Waals surface area contributed by atoms with Gasteiger partial charge >= 0.3 is 0 Å². The number of aliphatic hydroxyl groups is 1. The van der Waals surface area contributed by atoms with Crippen LogP contribution in [-0.2, 0) is 14.3 Å². The summed E-state index contributed by atoms with van der Waals surface area (Å²) in [6.45, 7) is 2.60. The Morgan fingerprint density at radius 3 is 2.66 bits per heavy atom. The van der Waals surface area contributed by atoms with Crippen molar-refractivity contribution >= 4 is 17.4 Å². The number of aliphatic hydroxyl groups excluding tert-OH is 1. The molecular weight excluding hydrogens is 372 g/mol. The summed E-state index contributed by atoms with van der Waals surface area (Å²) >= 11 is 0. The summed E-state index contributed by atoms with van der Waals surface area (Å²) in [6, 6.07) is 7.98. The van der Waals surface area contributed by atoms with Crippen LogP contribution in [0.3, 0.4) is 0 Å². The fraction of sp³-hybridized carbons (Fsp3) is 0.318. The molecule has 1 saturated heterocycles. The minimum atomic E-state index is -0.706. The van der Waals surface area contributed by atoms with E-state index in [1.807, 2.05) is 6.92 Å². The van der Waals surface area contributed by atoms with Crippen molar-refractivity contribution in [3.8, 4) is 5.75 Å². The van der Waals surface area contributed by atoms with Gasteiger partial charge < -0.3 is 19.5 Å². The highest BCUT2D eigenvalue weighted by molar-refractivity contribution is 6.46. The molecule has 3 rings (SSSR count). The van der Waals surface area contributed by atoms with Crippen LogP contribution in [-0.4, -0.2) is 54.1 Å². The van der Waals surface area contributed by atoms with Gasteiger partial charge in [-0.3, -0.25) is 14.6 Å². The van der Waals surface area contributed by atoms with E-state index in [4.69, 9.17) is 9.47 Å². The molecule has 152 valence electrons. The van der Waals surface area contributed by atoms with Gasteiger partial charge in [0.25, 0.3) is 11.7 Å². The van der Waals surface area contributed by atoms with Gasteiger partial charge in [-0.1, -0.05) is 6.07 Å². The quantitative estimate of drug-likeness (QED) is 0.335. The molecule has 29 heavy (non-hydrogen) atoms. The first-order valence-corrected chi connectivity index (χ1v) is 9.31. The van der Waals surface area contributed by atoms with Crippen LogP contribution < -0.4 is 4.74 Å². The first-order chi connectivity index (χ1) is 14.0. The van der Waals surface area contributed by atoms with Crippen LogP contribution in [0.1, 0.15) is 29.2 Å². The Hall–Kier alpha value is -3.19. The lowest BCUT2D eigenvalue weighted by Crippen LogP contribution is -2.31. The second-order valence-corrected chi connectivity index (χ2v) is 6.81. The molecule has 0 aliphatic carbocycles. The lowest BCUT2D eigenvalue weighted by atomic mass is 9.94. The van der Waals surface area contributed by atoms with Crippen LogP contribution in [0.4, 0.5) is 0 Å². The number of aryl methyl sites for hydroxylation is 1. The summed E-state index contributed by atoms with van der Waals surface area (Å²) in [5.74, 6) is -0.902. The van der Waals surface area contributed by atoms with Crippen molar-refractivity contribution in [3.05, 3.63) is 65.0 Å². The van der Waals surface area contributed by atoms with Gasteiger partial charge in [-0.15, -0.1) is 0 Å². The van der Waals surface area contributed by atoms with Gasteiger partial charge in [-0.25, -0.2) is 0 Å². The second-order valence-electron chi connectivity index (χ2n) is 6.81. The van der Waals surface area contributed by atoms with Crippen LogP contribution in [0.2, 0.25) is 0 Å². The fourth-order valence-electron chi connectivity index (χ4n) is 3.55. The molecule has 1 amide bonds. The number of ketones is 1. The van der Waals surface area contributed by atoms with Crippen LogP contribution in [0, 0.1) is 6.92 Å². The molecule has 1 unspecified atom stereocenters. The third-order valence-electron chi connectivity index (χ3n) is 4.98. The summed E-state index contributed by atoms with van der Waals surface area (Å²) in [5, 5.41) is 11.1. The maximum Gasteiger partial charge on any atom is 0.295 e. The number of amides is 1. The van der Waals surface area contributed by atoms with Gasteiger partial charge in [0.15, 0.2) is 0 Å². The van der Waals surface area contributed by atoms with Gasteiger partial charge in [-0.2, -0.15) is 0 Å². The molecule has 1 aliphatic rings. The summed E-state index contributed by atoms with van der Waals surface area (Å²) in [6.07, 6.45) is 3.80. The molecule has 0 bridgehead atoms. The third kappa shape index (κ3) is 4.00. The number of nitrogens with zero attached hydrogens (tertiary/aromatic N) is 2. The van der Waals surface area contributed by atoms with E-state index in [0.29, 0.717) is 36.4 Å². The molecule has 0 radical (unpaired) electrons. The lowest BCUT2D eigenvalue weighted by molar-refractivity contribution is -0.140. The number of carbonyl (C=O) groups is 2. The average molecular weight is 396 g/mol. The highest BCUT2D eigenvalue weighted by Crippen LogP contribution is 2.39. The Bertz CT molecular complexity index is 939. The van der Waals surface area contributed by atoms with Gasteiger partial charge in [0, 0.05) is 38.2 Å². The minimum Gasteiger partial charge on any atom is -0.507 e. The standard InChI is InChI=1S/C22H24N2O5/c1-14-12-16(29-3)7-8-17(14)20(25)18-19(15-6-4-9-23-13-15)24(10-5-11-28-2)22(27)21(18)26/h4,6-9,12-13,19,25H,5,10-11H2,1-3H3. The lowest BCUT2D eigenvalue weighted by Gasteiger charge is -2.25. The Kier molecular flexibility index (Phi) is 6.29. The average Bonchev–Trinajstić information content (AvgIpc) is 2.99. The Morgan fingerprint density at radius 2 is 2.03 bits per heavy atom. The van der Waals surface area contributed by atoms with Crippen molar-refractivity contribution < 1.29 is 24.2 Å². The smallest absolute Gasteiger partial charge is 0.295 e. The number of benzene rings is 1. The van der Waals surface area contributed by atoms with E-state index in [1.54, 1.807) is 56.9 Å². The minimum absolute atomic E-state index is 0.0636. The molecule has 1 atom stereocenters. The maximum absolute atomic E-state index is 12.9. The SMILES string of the molecule is COCCCN1C(=O)C(=O)C(=C(O)c2ccc(OC)cc2C)C1c1cccnc1. The molecule has 1 aromatic heterocycles. The largest absolute Gasteiger partial charge is 0.507 e. The van der Waals surface area contributed by atoms with Crippen LogP contribution in [0.5, 0.6) is 5.75 Å². The fourth-order valence-corrected chi connectivity index (χ4v) is 3.55. The van der Waals surface area contributed by atoms with Gasteiger partial charge in [0.1, 0.15) is 11.5 Å². The van der Waals surface area contributed by atoms with E-state index in [2.05, 4.69) is 4.98 Å².